The highest BCUT2D eigenvalue weighted by atomic mass is 16.2. The molecule has 3 heterocycles. The zero-order valence-electron chi connectivity index (χ0n) is 38.2. The zero-order valence-corrected chi connectivity index (χ0v) is 38.2. The number of hydrogen-bond donors (Lipinski definition) is 8. The minimum absolute atomic E-state index is 0.0998. The van der Waals surface area contributed by atoms with Crippen molar-refractivity contribution in [1.82, 2.24) is 36.1 Å². The van der Waals surface area contributed by atoms with Gasteiger partial charge in [0.15, 0.2) is 5.78 Å². The van der Waals surface area contributed by atoms with Crippen molar-refractivity contribution in [3.05, 3.63) is 119 Å². The van der Waals surface area contributed by atoms with Gasteiger partial charge < -0.3 is 47.5 Å². The number of carbonyl (C=O) groups excluding carboxylic acids is 9. The number of anilines is 2. The van der Waals surface area contributed by atoms with Gasteiger partial charge in [0, 0.05) is 102 Å². The second kappa shape index (κ2) is 20.1. The first-order chi connectivity index (χ1) is 33.1. The number of aromatic nitrogens is 1. The van der Waals surface area contributed by atoms with Crippen LogP contribution in [0.2, 0.25) is 0 Å². The molecule has 1 saturated carbocycles. The fraction of sp³-hybridized carbons (Fsp3) is 0.340. The molecule has 358 valence electrons. The van der Waals surface area contributed by atoms with Gasteiger partial charge in [0.25, 0.3) is 23.6 Å². The smallest absolute Gasteiger partial charge is 0.312 e. The van der Waals surface area contributed by atoms with Gasteiger partial charge in [0.1, 0.15) is 11.7 Å². The third kappa shape index (κ3) is 10.3. The van der Waals surface area contributed by atoms with E-state index in [1.165, 1.54) is 12.2 Å². The number of benzene rings is 3. The van der Waals surface area contributed by atoms with Crippen LogP contribution in [0.5, 0.6) is 0 Å². The van der Waals surface area contributed by atoms with Gasteiger partial charge in [-0.2, -0.15) is 0 Å². The molecule has 1 unspecified atom stereocenters. The lowest BCUT2D eigenvalue weighted by molar-refractivity contribution is -0.137. The predicted octanol–water partition coefficient (Wildman–Crippen LogP) is 3.22. The van der Waals surface area contributed by atoms with Crippen molar-refractivity contribution < 1.29 is 43.2 Å². The molecule has 4 aromatic rings. The molecule has 2 fully saturated rings. The van der Waals surface area contributed by atoms with Crippen molar-refractivity contribution in [3.63, 3.8) is 0 Å². The Morgan fingerprint density at radius 3 is 2.30 bits per heavy atom. The Hall–Kier alpha value is -7.93. The molecule has 19 nitrogen and oxygen atoms in total. The van der Waals surface area contributed by atoms with E-state index in [9.17, 15) is 43.2 Å². The summed E-state index contributed by atoms with van der Waals surface area (Å²) in [6.45, 7) is 4.91. The van der Waals surface area contributed by atoms with Gasteiger partial charge in [-0.25, -0.2) is 4.79 Å². The number of hydrogen-bond acceptors (Lipinski definition) is 10. The first-order valence-electron chi connectivity index (χ1n) is 23.0. The van der Waals surface area contributed by atoms with Crippen molar-refractivity contribution in [2.45, 2.75) is 63.5 Å². The Balaban J connectivity index is 0.835. The fourth-order valence-electron chi connectivity index (χ4n) is 9.43. The molecule has 0 radical (unpaired) electrons. The molecule has 4 atom stereocenters. The third-order valence-electron chi connectivity index (χ3n) is 13.0. The van der Waals surface area contributed by atoms with Crippen LogP contribution in [0, 0.1) is 11.8 Å². The third-order valence-corrected chi connectivity index (χ3v) is 13.0. The van der Waals surface area contributed by atoms with Gasteiger partial charge in [0.2, 0.25) is 17.7 Å². The van der Waals surface area contributed by atoms with Crippen LogP contribution in [-0.2, 0) is 29.4 Å². The number of nitrogens with zero attached hydrogens (tertiary/aromatic N) is 2. The summed E-state index contributed by atoms with van der Waals surface area (Å²) in [5, 5.41) is 17.6. The summed E-state index contributed by atoms with van der Waals surface area (Å²) in [6.07, 6.45) is 5.76. The number of nitrogens with one attached hydrogen (secondary N) is 7. The van der Waals surface area contributed by atoms with Crippen LogP contribution >= 0.6 is 0 Å². The van der Waals surface area contributed by atoms with Crippen LogP contribution < -0.4 is 37.6 Å². The average Bonchev–Trinajstić information content (AvgIpc) is 3.52. The van der Waals surface area contributed by atoms with Gasteiger partial charge in [-0.15, -0.1) is 0 Å². The van der Waals surface area contributed by atoms with Crippen LogP contribution in [0.3, 0.4) is 0 Å². The lowest BCUT2D eigenvalue weighted by Crippen LogP contribution is -2.54. The van der Waals surface area contributed by atoms with Crippen LogP contribution in [-0.4, -0.2) is 113 Å². The summed E-state index contributed by atoms with van der Waals surface area (Å²) in [6, 6.07) is 18.3. The first kappa shape index (κ1) is 47.6. The molecule has 1 saturated heterocycles. The molecule has 1 spiro atoms. The van der Waals surface area contributed by atoms with E-state index in [1.54, 1.807) is 59.5 Å². The molecule has 0 bridgehead atoms. The first-order valence-corrected chi connectivity index (χ1v) is 23.0. The number of H-pyrrole nitrogens is 1. The molecule has 8 rings (SSSR count). The summed E-state index contributed by atoms with van der Waals surface area (Å²) in [5.74, 6) is -2.78. The summed E-state index contributed by atoms with van der Waals surface area (Å²) in [4.78, 5) is 121. The van der Waals surface area contributed by atoms with Crippen molar-refractivity contribution in [3.8, 4) is 0 Å². The minimum Gasteiger partial charge on any atom is -0.355 e. The number of allylic oxidation sites excluding steroid dienone is 2. The largest absolute Gasteiger partial charge is 0.355 e. The van der Waals surface area contributed by atoms with Crippen molar-refractivity contribution in [2.75, 3.05) is 43.4 Å². The second-order valence-corrected chi connectivity index (χ2v) is 18.0. The quantitative estimate of drug-likeness (QED) is 0.0474. The molecule has 2 aliphatic carbocycles. The molecule has 4 aliphatic rings. The molecule has 9 N–H and O–H groups in total. The lowest BCUT2D eigenvalue weighted by atomic mass is 9.81. The highest BCUT2D eigenvalue weighted by Gasteiger charge is 2.67. The molecule has 1 aromatic heterocycles. The number of primary amides is 1. The standard InChI is InChI=1S/C50H54N10O9/c1-28(2)44(53-21-20-52-41(62)10-6-22-59-42(63)17-18-43(59)64)47(67)58-37(9-5-19-54-49(51)69)46(66)55-32-13-11-29(12-14-32)45(65)56-33-15-16-36-30(23-33)24-38(57-36)48(68)60-27-31-26-50(31)35-8-4-3-7-34(35)39(61)25-40(50)60/h3-4,7-8,11-18,23-25,28,31,37,44,53,57H,5-6,9-10,19-22,26-27H2,1-2H3,(H,52,62)(H,55,66)(H,56,65)(H,58,67)(H3,51,54,69)/t31-,37+,44+,50?/m1/s1. The van der Waals surface area contributed by atoms with E-state index in [2.05, 4.69) is 36.9 Å². The molecular weight excluding hydrogens is 885 g/mol. The average molecular weight is 939 g/mol. The highest BCUT2D eigenvalue weighted by Crippen LogP contribution is 2.66. The predicted molar refractivity (Wildman–Crippen MR) is 254 cm³/mol. The monoisotopic (exact) mass is 938 g/mol. The van der Waals surface area contributed by atoms with E-state index in [0.29, 0.717) is 58.5 Å². The van der Waals surface area contributed by atoms with Crippen molar-refractivity contribution >= 4 is 75.4 Å². The number of fused-ring (bicyclic) bond motifs is 2. The summed E-state index contributed by atoms with van der Waals surface area (Å²) in [5.41, 5.74) is 9.58. The second-order valence-electron chi connectivity index (χ2n) is 18.0. The van der Waals surface area contributed by atoms with E-state index in [-0.39, 0.29) is 73.9 Å². The lowest BCUT2D eigenvalue weighted by Gasteiger charge is -2.29. The van der Waals surface area contributed by atoms with E-state index in [4.69, 9.17) is 5.73 Å². The van der Waals surface area contributed by atoms with Crippen LogP contribution in [0.1, 0.15) is 82.7 Å². The maximum absolute atomic E-state index is 13.9. The maximum atomic E-state index is 13.9. The van der Waals surface area contributed by atoms with E-state index in [1.807, 2.05) is 38.1 Å². The molecule has 69 heavy (non-hydrogen) atoms. The SMILES string of the molecule is CC(C)[C@H](NCCNC(=O)CCCN1C(=O)C=CC1=O)C(=O)N[C@@H](CCCNC(N)=O)C(=O)Nc1ccc(C(=O)Nc2ccc3[nH]c(C(=O)N4C[C@H]5CC56C4=CC(=O)c4ccccc46)cc3c2)cc1. The van der Waals surface area contributed by atoms with Gasteiger partial charge >= 0.3 is 6.03 Å². The van der Waals surface area contributed by atoms with Crippen LogP contribution in [0.4, 0.5) is 16.2 Å². The number of piperidine rings is 1. The Bertz CT molecular complexity index is 2800. The fourth-order valence-corrected chi connectivity index (χ4v) is 9.43. The van der Waals surface area contributed by atoms with Crippen LogP contribution in [0.25, 0.3) is 10.9 Å². The Morgan fingerprint density at radius 2 is 1.57 bits per heavy atom. The number of rotatable bonds is 20. The number of urea groups is 1. The molecule has 3 aromatic carbocycles. The summed E-state index contributed by atoms with van der Waals surface area (Å²) >= 11 is 0. The zero-order chi connectivity index (χ0) is 49.0. The number of imide groups is 1. The van der Waals surface area contributed by atoms with Gasteiger partial charge in [-0.3, -0.25) is 43.3 Å². The number of nitrogens with two attached hydrogens (primary N) is 1. The van der Waals surface area contributed by atoms with Gasteiger partial charge in [-0.1, -0.05) is 38.1 Å². The number of amides is 9. The number of aromatic amines is 1. The molecular formula is C50H54N10O9. The summed E-state index contributed by atoms with van der Waals surface area (Å²) < 4.78 is 0. The van der Waals surface area contributed by atoms with Gasteiger partial charge in [-0.05, 0) is 91.6 Å². The molecule has 19 heteroatoms. The van der Waals surface area contributed by atoms with Crippen molar-refractivity contribution in [1.29, 1.82) is 0 Å². The van der Waals surface area contributed by atoms with Crippen LogP contribution in [0.15, 0.2) is 96.7 Å². The molecule has 2 aliphatic heterocycles. The van der Waals surface area contributed by atoms with Crippen molar-refractivity contribution in [2.24, 2.45) is 17.6 Å². The topological polar surface area (TPSA) is 274 Å². The Labute approximate surface area is 397 Å². The van der Waals surface area contributed by atoms with Gasteiger partial charge in [0.05, 0.1) is 6.04 Å². The Morgan fingerprint density at radius 1 is 0.826 bits per heavy atom. The minimum atomic E-state index is -1.02. The Kier molecular flexibility index (Phi) is 13.9. The van der Waals surface area contributed by atoms with E-state index < -0.39 is 47.7 Å². The molecule has 9 amide bonds. The maximum Gasteiger partial charge on any atom is 0.312 e. The number of carbonyl (C=O) groups is 9. The van der Waals surface area contributed by atoms with E-state index in [0.717, 1.165) is 22.6 Å². The highest BCUT2D eigenvalue weighted by molar-refractivity contribution is 6.13. The number of ketones is 1. The summed E-state index contributed by atoms with van der Waals surface area (Å²) in [7, 11) is 0. The number of likely N-dealkylation sites (tertiary alicyclic amines) is 1. The van der Waals surface area contributed by atoms with E-state index >= 15 is 0 Å². The normalized spacial score (nSPS) is 18.5.